The van der Waals surface area contributed by atoms with Crippen LogP contribution in [0.3, 0.4) is 0 Å². The standard InChI is InChI=1S/C15H23NO/c1-2-15(17)14-8-10-16(11-9-14)12-13-6-4-3-5-7-13/h3-7,14-15,17H,2,8-12H2,1H3. The first kappa shape index (κ1) is 12.6. The maximum Gasteiger partial charge on any atom is 0.0566 e. The van der Waals surface area contributed by atoms with Crippen molar-refractivity contribution >= 4 is 0 Å². The number of benzene rings is 1. The zero-order valence-electron chi connectivity index (χ0n) is 10.7. The van der Waals surface area contributed by atoms with Crippen LogP contribution in [0.15, 0.2) is 30.3 Å². The monoisotopic (exact) mass is 233 g/mol. The summed E-state index contributed by atoms with van der Waals surface area (Å²) in [6.45, 7) is 5.37. The maximum absolute atomic E-state index is 9.84. The lowest BCUT2D eigenvalue weighted by atomic mass is 9.90. The van der Waals surface area contributed by atoms with E-state index >= 15 is 0 Å². The Labute approximate surface area is 104 Å². The van der Waals surface area contributed by atoms with Crippen molar-refractivity contribution in [1.82, 2.24) is 4.90 Å². The lowest BCUT2D eigenvalue weighted by Gasteiger charge is -2.34. The van der Waals surface area contributed by atoms with Crippen LogP contribution >= 0.6 is 0 Å². The van der Waals surface area contributed by atoms with E-state index in [0.29, 0.717) is 5.92 Å². The molecule has 1 saturated heterocycles. The maximum atomic E-state index is 9.84. The van der Waals surface area contributed by atoms with Gasteiger partial charge >= 0.3 is 0 Å². The van der Waals surface area contributed by atoms with Crippen LogP contribution in [0.5, 0.6) is 0 Å². The third-order valence-corrected chi connectivity index (χ3v) is 3.84. The van der Waals surface area contributed by atoms with Crippen LogP contribution in [0.2, 0.25) is 0 Å². The van der Waals surface area contributed by atoms with Crippen LogP contribution in [0.4, 0.5) is 0 Å². The summed E-state index contributed by atoms with van der Waals surface area (Å²) in [5, 5.41) is 9.84. The molecule has 0 radical (unpaired) electrons. The fourth-order valence-electron chi connectivity index (χ4n) is 2.67. The normalized spacial score (nSPS) is 20.4. The van der Waals surface area contributed by atoms with Gasteiger partial charge in [0.2, 0.25) is 0 Å². The fraction of sp³-hybridized carbons (Fsp3) is 0.600. The topological polar surface area (TPSA) is 23.5 Å². The van der Waals surface area contributed by atoms with Crippen LogP contribution in [0.25, 0.3) is 0 Å². The molecule has 1 aliphatic heterocycles. The van der Waals surface area contributed by atoms with Crippen molar-refractivity contribution in [2.75, 3.05) is 13.1 Å². The lowest BCUT2D eigenvalue weighted by molar-refractivity contribution is 0.0550. The van der Waals surface area contributed by atoms with Gasteiger partial charge < -0.3 is 5.11 Å². The highest BCUT2D eigenvalue weighted by molar-refractivity contribution is 5.14. The SMILES string of the molecule is CCC(O)C1CCN(Cc2ccccc2)CC1. The average molecular weight is 233 g/mol. The fourth-order valence-corrected chi connectivity index (χ4v) is 2.67. The predicted molar refractivity (Wildman–Crippen MR) is 70.7 cm³/mol. The molecular formula is C15H23NO. The van der Waals surface area contributed by atoms with Gasteiger partial charge in [-0.3, -0.25) is 4.90 Å². The number of aliphatic hydroxyl groups is 1. The van der Waals surface area contributed by atoms with Crippen LogP contribution in [-0.4, -0.2) is 29.2 Å². The Balaban J connectivity index is 1.80. The summed E-state index contributed by atoms with van der Waals surface area (Å²) in [5.74, 6) is 0.520. The largest absolute Gasteiger partial charge is 0.393 e. The van der Waals surface area contributed by atoms with E-state index < -0.39 is 0 Å². The summed E-state index contributed by atoms with van der Waals surface area (Å²) < 4.78 is 0. The van der Waals surface area contributed by atoms with Gasteiger partial charge in [0, 0.05) is 6.54 Å². The number of hydrogen-bond acceptors (Lipinski definition) is 2. The summed E-state index contributed by atoms with van der Waals surface area (Å²) in [6.07, 6.45) is 3.08. The Morgan fingerprint density at radius 1 is 1.24 bits per heavy atom. The molecule has 1 unspecified atom stereocenters. The Kier molecular flexibility index (Phi) is 4.57. The third kappa shape index (κ3) is 3.55. The second-order valence-electron chi connectivity index (χ2n) is 5.07. The molecule has 2 nitrogen and oxygen atoms in total. The van der Waals surface area contributed by atoms with Crippen molar-refractivity contribution in [3.63, 3.8) is 0 Å². The van der Waals surface area contributed by atoms with Gasteiger partial charge in [-0.25, -0.2) is 0 Å². The third-order valence-electron chi connectivity index (χ3n) is 3.84. The molecule has 94 valence electrons. The molecule has 0 bridgehead atoms. The molecule has 1 aliphatic rings. The highest BCUT2D eigenvalue weighted by atomic mass is 16.3. The minimum absolute atomic E-state index is 0.0890. The molecule has 1 heterocycles. The van der Waals surface area contributed by atoms with Crippen molar-refractivity contribution in [2.45, 2.75) is 38.8 Å². The molecule has 1 fully saturated rings. The number of piperidine rings is 1. The van der Waals surface area contributed by atoms with Gasteiger partial charge in [-0.15, -0.1) is 0 Å². The van der Waals surface area contributed by atoms with Crippen molar-refractivity contribution < 1.29 is 5.11 Å². The van der Waals surface area contributed by atoms with Crippen molar-refractivity contribution in [3.8, 4) is 0 Å². The van der Waals surface area contributed by atoms with Crippen LogP contribution in [-0.2, 0) is 6.54 Å². The molecule has 1 aromatic carbocycles. The average Bonchev–Trinajstić information content (AvgIpc) is 2.40. The Hall–Kier alpha value is -0.860. The van der Waals surface area contributed by atoms with Gasteiger partial charge in [0.15, 0.2) is 0 Å². The van der Waals surface area contributed by atoms with Gasteiger partial charge in [-0.1, -0.05) is 37.3 Å². The van der Waals surface area contributed by atoms with E-state index in [4.69, 9.17) is 0 Å². The molecule has 0 saturated carbocycles. The lowest BCUT2D eigenvalue weighted by Crippen LogP contribution is -2.37. The molecular weight excluding hydrogens is 210 g/mol. The number of rotatable bonds is 4. The first-order valence-electron chi connectivity index (χ1n) is 6.74. The van der Waals surface area contributed by atoms with E-state index in [1.54, 1.807) is 0 Å². The zero-order valence-corrected chi connectivity index (χ0v) is 10.7. The number of likely N-dealkylation sites (tertiary alicyclic amines) is 1. The van der Waals surface area contributed by atoms with Gasteiger partial charge in [0.25, 0.3) is 0 Å². The van der Waals surface area contributed by atoms with E-state index in [-0.39, 0.29) is 6.10 Å². The molecule has 0 aliphatic carbocycles. The van der Waals surface area contributed by atoms with E-state index in [0.717, 1.165) is 38.9 Å². The van der Waals surface area contributed by atoms with Gasteiger partial charge in [-0.2, -0.15) is 0 Å². The molecule has 0 aromatic heterocycles. The summed E-state index contributed by atoms with van der Waals surface area (Å²) in [7, 11) is 0. The Morgan fingerprint density at radius 2 is 1.88 bits per heavy atom. The van der Waals surface area contributed by atoms with Crippen molar-refractivity contribution in [1.29, 1.82) is 0 Å². The quantitative estimate of drug-likeness (QED) is 0.864. The molecule has 1 aromatic rings. The van der Waals surface area contributed by atoms with Crippen LogP contribution < -0.4 is 0 Å². The molecule has 1 N–H and O–H groups in total. The van der Waals surface area contributed by atoms with Crippen molar-refractivity contribution in [3.05, 3.63) is 35.9 Å². The molecule has 1 atom stereocenters. The van der Waals surface area contributed by atoms with Gasteiger partial charge in [-0.05, 0) is 43.8 Å². The van der Waals surface area contributed by atoms with E-state index in [1.165, 1.54) is 5.56 Å². The number of nitrogens with zero attached hydrogens (tertiary/aromatic N) is 1. The smallest absolute Gasteiger partial charge is 0.0566 e. The second kappa shape index (κ2) is 6.18. The first-order valence-corrected chi connectivity index (χ1v) is 6.74. The molecule has 2 rings (SSSR count). The Morgan fingerprint density at radius 3 is 2.47 bits per heavy atom. The summed E-state index contributed by atoms with van der Waals surface area (Å²) in [4.78, 5) is 2.49. The molecule has 0 amide bonds. The second-order valence-corrected chi connectivity index (χ2v) is 5.07. The van der Waals surface area contributed by atoms with E-state index in [1.807, 2.05) is 0 Å². The first-order chi connectivity index (χ1) is 8.29. The number of aliphatic hydroxyl groups excluding tert-OH is 1. The minimum atomic E-state index is -0.0890. The van der Waals surface area contributed by atoms with Crippen LogP contribution in [0.1, 0.15) is 31.7 Å². The summed E-state index contributed by atoms with van der Waals surface area (Å²) in [5.41, 5.74) is 1.39. The molecule has 2 heteroatoms. The summed E-state index contributed by atoms with van der Waals surface area (Å²) in [6, 6.07) is 10.6. The Bertz CT molecular complexity index is 317. The highest BCUT2D eigenvalue weighted by Gasteiger charge is 2.23. The summed E-state index contributed by atoms with van der Waals surface area (Å²) >= 11 is 0. The zero-order chi connectivity index (χ0) is 12.1. The van der Waals surface area contributed by atoms with Crippen LogP contribution in [0, 0.1) is 5.92 Å². The van der Waals surface area contributed by atoms with Gasteiger partial charge in [0.05, 0.1) is 6.10 Å². The minimum Gasteiger partial charge on any atom is -0.393 e. The predicted octanol–water partition coefficient (Wildman–Crippen LogP) is 2.67. The number of hydrogen-bond donors (Lipinski definition) is 1. The van der Waals surface area contributed by atoms with Crippen molar-refractivity contribution in [2.24, 2.45) is 5.92 Å². The molecule has 17 heavy (non-hydrogen) atoms. The van der Waals surface area contributed by atoms with E-state index in [2.05, 4.69) is 42.2 Å². The highest BCUT2D eigenvalue weighted by Crippen LogP contribution is 2.23. The van der Waals surface area contributed by atoms with E-state index in [9.17, 15) is 5.11 Å². The van der Waals surface area contributed by atoms with Gasteiger partial charge in [0.1, 0.15) is 0 Å². The molecule has 0 spiro atoms.